The minimum absolute atomic E-state index is 0.0828. The molecule has 0 saturated carbocycles. The van der Waals surface area contributed by atoms with Gasteiger partial charge in [0.1, 0.15) is 12.7 Å². The molecule has 0 bridgehead atoms. The van der Waals surface area contributed by atoms with Gasteiger partial charge in [0.2, 0.25) is 0 Å². The van der Waals surface area contributed by atoms with Gasteiger partial charge in [0.25, 0.3) is 0 Å². The maximum absolute atomic E-state index is 12.6. The molecule has 0 fully saturated rings. The van der Waals surface area contributed by atoms with Crippen LogP contribution in [0.15, 0.2) is 0 Å². The Morgan fingerprint density at radius 2 is 1.06 bits per heavy atom. The van der Waals surface area contributed by atoms with Crippen molar-refractivity contribution < 1.29 is 50.4 Å². The third-order valence-electron chi connectivity index (χ3n) is 5.60. The van der Waals surface area contributed by atoms with Crippen LogP contribution in [0.4, 0.5) is 0 Å². The predicted molar refractivity (Wildman–Crippen MR) is 116 cm³/mol. The molecule has 0 radical (unpaired) electrons. The maximum Gasteiger partial charge on any atom is 0.309 e. The number of unbranched alkanes of at least 4 members (excludes halogenated alkanes) is 5. The first kappa shape index (κ1) is 31.1. The second kappa shape index (κ2) is 19.6. The van der Waals surface area contributed by atoms with Crippen LogP contribution in [0, 0.1) is 11.8 Å². The van der Waals surface area contributed by atoms with Gasteiger partial charge < -0.3 is 45.6 Å². The minimum atomic E-state index is -1.22. The van der Waals surface area contributed by atoms with Crippen molar-refractivity contribution in [1.29, 1.82) is 0 Å². The number of aliphatic hydroxyl groups is 8. The molecule has 0 saturated heterocycles. The molecule has 6 atom stereocenters. The van der Waals surface area contributed by atoms with E-state index in [0.717, 1.165) is 38.5 Å². The fourth-order valence-corrected chi connectivity index (χ4v) is 3.68. The quantitative estimate of drug-likeness (QED) is 0.0772. The first-order valence-corrected chi connectivity index (χ1v) is 11.6. The number of esters is 1. The second-order valence-electron chi connectivity index (χ2n) is 8.51. The summed E-state index contributed by atoms with van der Waals surface area (Å²) in [5, 5.41) is 74.7. The molecule has 0 aliphatic rings. The fourth-order valence-electron chi connectivity index (χ4n) is 3.68. The van der Waals surface area contributed by atoms with Crippen molar-refractivity contribution in [2.75, 3.05) is 33.0 Å². The van der Waals surface area contributed by atoms with Crippen molar-refractivity contribution >= 4 is 5.97 Å². The van der Waals surface area contributed by atoms with Crippen LogP contribution in [-0.2, 0) is 9.53 Å². The fraction of sp³-hybridized carbons (Fsp3) is 0.955. The number of hydrogen-bond donors (Lipinski definition) is 8. The molecule has 192 valence electrons. The Hall–Kier alpha value is -0.850. The lowest BCUT2D eigenvalue weighted by Gasteiger charge is -2.29. The maximum atomic E-state index is 12.6. The Morgan fingerprint density at radius 1 is 0.594 bits per heavy atom. The van der Waals surface area contributed by atoms with Crippen LogP contribution in [-0.4, -0.2) is 104 Å². The number of ether oxygens (including phenoxy) is 1. The highest BCUT2D eigenvalue weighted by molar-refractivity contribution is 5.72. The topological polar surface area (TPSA) is 188 Å². The van der Waals surface area contributed by atoms with Crippen LogP contribution >= 0.6 is 0 Å². The van der Waals surface area contributed by atoms with Crippen LogP contribution in [0.1, 0.15) is 64.2 Å². The molecule has 0 aromatic heterocycles. The van der Waals surface area contributed by atoms with E-state index in [-0.39, 0.29) is 19.4 Å². The molecule has 0 aromatic carbocycles. The molecule has 0 amide bonds. The Morgan fingerprint density at radius 3 is 1.59 bits per heavy atom. The number of carbonyl (C=O) groups is 1. The first-order chi connectivity index (χ1) is 15.3. The predicted octanol–water partition coefficient (Wildman–Crippen LogP) is -0.924. The summed E-state index contributed by atoms with van der Waals surface area (Å²) in [6.07, 6.45) is 2.38. The number of hydrogen-bond acceptors (Lipinski definition) is 10. The third kappa shape index (κ3) is 15.1. The highest BCUT2D eigenvalue weighted by Crippen LogP contribution is 2.29. The van der Waals surface area contributed by atoms with Crippen molar-refractivity contribution in [2.45, 2.75) is 88.6 Å². The van der Waals surface area contributed by atoms with Gasteiger partial charge in [0, 0.05) is 0 Å². The lowest BCUT2D eigenvalue weighted by Crippen LogP contribution is -2.35. The Kier molecular flexibility index (Phi) is 19.1. The van der Waals surface area contributed by atoms with Gasteiger partial charge in [0.15, 0.2) is 0 Å². The van der Waals surface area contributed by atoms with E-state index < -0.39 is 68.6 Å². The first-order valence-electron chi connectivity index (χ1n) is 11.6. The number of carbonyl (C=O) groups excluding carboxylic acids is 1. The zero-order chi connectivity index (χ0) is 24.4. The highest BCUT2D eigenvalue weighted by atomic mass is 16.5. The molecule has 0 spiro atoms. The molecular formula is C22H44O10. The van der Waals surface area contributed by atoms with E-state index in [4.69, 9.17) is 14.9 Å². The van der Waals surface area contributed by atoms with Crippen LogP contribution in [0.25, 0.3) is 0 Å². The van der Waals surface area contributed by atoms with Crippen LogP contribution < -0.4 is 0 Å². The molecule has 8 N–H and O–H groups in total. The summed E-state index contributed by atoms with van der Waals surface area (Å²) in [6, 6.07) is 0. The molecule has 0 rings (SSSR count). The zero-order valence-corrected chi connectivity index (χ0v) is 19.0. The van der Waals surface area contributed by atoms with Crippen LogP contribution in [0.5, 0.6) is 0 Å². The van der Waals surface area contributed by atoms with E-state index in [1.165, 1.54) is 0 Å². The van der Waals surface area contributed by atoms with E-state index in [0.29, 0.717) is 12.8 Å². The van der Waals surface area contributed by atoms with E-state index in [2.05, 4.69) is 0 Å². The van der Waals surface area contributed by atoms with Gasteiger partial charge in [-0.15, -0.1) is 0 Å². The molecular weight excluding hydrogens is 424 g/mol. The van der Waals surface area contributed by atoms with Gasteiger partial charge >= 0.3 is 5.97 Å². The Balaban J connectivity index is 4.80. The molecule has 32 heavy (non-hydrogen) atoms. The summed E-state index contributed by atoms with van der Waals surface area (Å²) in [4.78, 5) is 12.6. The summed E-state index contributed by atoms with van der Waals surface area (Å²) in [6.45, 7) is -2.20. The SMILES string of the molecule is O=C(OCC(O)CO)C(CC(O)CO)C(CCCCCCCCC(O)CO)CC(O)CO. The van der Waals surface area contributed by atoms with Crippen molar-refractivity contribution in [1.82, 2.24) is 0 Å². The van der Waals surface area contributed by atoms with Crippen LogP contribution in [0.2, 0.25) is 0 Å². The van der Waals surface area contributed by atoms with Crippen LogP contribution in [0.3, 0.4) is 0 Å². The molecule has 0 heterocycles. The molecule has 0 aliphatic heterocycles. The second-order valence-corrected chi connectivity index (χ2v) is 8.51. The van der Waals surface area contributed by atoms with Gasteiger partial charge in [-0.1, -0.05) is 38.5 Å². The number of rotatable bonds is 21. The largest absolute Gasteiger partial charge is 0.463 e. The summed E-state index contributed by atoms with van der Waals surface area (Å²) >= 11 is 0. The smallest absolute Gasteiger partial charge is 0.309 e. The van der Waals surface area contributed by atoms with Gasteiger partial charge in [-0.2, -0.15) is 0 Å². The third-order valence-corrected chi connectivity index (χ3v) is 5.60. The lowest BCUT2D eigenvalue weighted by molar-refractivity contribution is -0.156. The van der Waals surface area contributed by atoms with E-state index >= 15 is 0 Å². The molecule has 6 unspecified atom stereocenters. The van der Waals surface area contributed by atoms with Gasteiger partial charge in [-0.25, -0.2) is 0 Å². The monoisotopic (exact) mass is 468 g/mol. The average molecular weight is 469 g/mol. The van der Waals surface area contributed by atoms with E-state index in [1.807, 2.05) is 0 Å². The normalized spacial score (nSPS) is 17.4. The molecule has 10 nitrogen and oxygen atoms in total. The zero-order valence-electron chi connectivity index (χ0n) is 19.0. The summed E-state index contributed by atoms with van der Waals surface area (Å²) in [7, 11) is 0. The van der Waals surface area contributed by atoms with Gasteiger partial charge in [-0.3, -0.25) is 4.79 Å². The van der Waals surface area contributed by atoms with Crippen molar-refractivity contribution in [3.8, 4) is 0 Å². The van der Waals surface area contributed by atoms with Crippen molar-refractivity contribution in [2.24, 2.45) is 11.8 Å². The minimum Gasteiger partial charge on any atom is -0.463 e. The Labute approximate surface area is 190 Å². The molecule has 0 aliphatic carbocycles. The molecule has 0 aromatic rings. The summed E-state index contributed by atoms with van der Waals surface area (Å²) < 4.78 is 5.07. The molecule has 10 heteroatoms. The number of aliphatic hydroxyl groups excluding tert-OH is 8. The van der Waals surface area contributed by atoms with Gasteiger partial charge in [-0.05, 0) is 31.6 Å². The summed E-state index contributed by atoms with van der Waals surface area (Å²) in [5.74, 6) is -1.94. The summed E-state index contributed by atoms with van der Waals surface area (Å²) in [5.41, 5.74) is 0. The highest BCUT2D eigenvalue weighted by Gasteiger charge is 2.33. The van der Waals surface area contributed by atoms with Crippen molar-refractivity contribution in [3.63, 3.8) is 0 Å². The van der Waals surface area contributed by atoms with E-state index in [1.54, 1.807) is 0 Å². The van der Waals surface area contributed by atoms with E-state index in [9.17, 15) is 35.4 Å². The Bertz CT molecular complexity index is 450. The van der Waals surface area contributed by atoms with Crippen molar-refractivity contribution in [3.05, 3.63) is 0 Å². The standard InChI is InChI=1S/C22H44O10/c23-11-17(27)8-6-4-2-1-3-5-7-16(9-18(28)12-24)21(10-19(29)13-25)22(31)32-15-20(30)14-26/h16-21,23-30H,1-15H2. The lowest BCUT2D eigenvalue weighted by atomic mass is 9.80. The average Bonchev–Trinajstić information content (AvgIpc) is 2.80. The van der Waals surface area contributed by atoms with Gasteiger partial charge in [0.05, 0.1) is 50.7 Å².